The van der Waals surface area contributed by atoms with Crippen molar-refractivity contribution in [1.29, 1.82) is 5.26 Å². The second-order valence-electron chi connectivity index (χ2n) is 12.2. The Morgan fingerprint density at radius 2 is 1.93 bits per heavy atom. The number of hydrogen-bond acceptors (Lipinski definition) is 7. The van der Waals surface area contributed by atoms with Gasteiger partial charge in [0.25, 0.3) is 0 Å². The van der Waals surface area contributed by atoms with Crippen LogP contribution in [0.1, 0.15) is 43.6 Å². The van der Waals surface area contributed by atoms with Crippen LogP contribution in [0.15, 0.2) is 42.6 Å². The van der Waals surface area contributed by atoms with Gasteiger partial charge in [-0.25, -0.2) is 0 Å². The molecule has 2 N–H and O–H groups in total. The maximum Gasteiger partial charge on any atom is 0.406 e. The lowest BCUT2D eigenvalue weighted by atomic mass is 9.91. The molecule has 12 heteroatoms. The van der Waals surface area contributed by atoms with Crippen molar-refractivity contribution in [3.8, 4) is 17.9 Å². The minimum Gasteiger partial charge on any atom is -0.383 e. The minimum absolute atomic E-state index is 0.118. The van der Waals surface area contributed by atoms with Crippen molar-refractivity contribution in [3.05, 3.63) is 59.5 Å². The Morgan fingerprint density at radius 1 is 1.17 bits per heavy atom. The Morgan fingerprint density at radius 3 is 2.59 bits per heavy atom. The van der Waals surface area contributed by atoms with E-state index < -0.39 is 18.1 Å². The first-order chi connectivity index (χ1) is 21.9. The van der Waals surface area contributed by atoms with Crippen molar-refractivity contribution in [2.24, 2.45) is 0 Å². The van der Waals surface area contributed by atoms with E-state index in [0.717, 1.165) is 18.4 Å². The fourth-order valence-electron chi connectivity index (χ4n) is 5.34. The van der Waals surface area contributed by atoms with E-state index in [-0.39, 0.29) is 24.2 Å². The molecule has 0 saturated carbocycles. The lowest BCUT2D eigenvalue weighted by Gasteiger charge is -2.33. The molecule has 1 aliphatic rings. The van der Waals surface area contributed by atoms with Crippen LogP contribution in [0, 0.1) is 23.2 Å². The number of anilines is 1. The van der Waals surface area contributed by atoms with Crippen molar-refractivity contribution in [1.82, 2.24) is 24.7 Å². The molecule has 3 aromatic rings. The number of carbonyl (C=O) groups is 1. The van der Waals surface area contributed by atoms with Gasteiger partial charge in [0, 0.05) is 50.2 Å². The monoisotopic (exact) mass is 637 g/mol. The first kappa shape index (κ1) is 34.8. The Bertz CT molecular complexity index is 1570. The first-order valence-corrected chi connectivity index (χ1v) is 15.4. The van der Waals surface area contributed by atoms with Crippen LogP contribution in [0.5, 0.6) is 0 Å². The number of methoxy groups -OCH3 is 1. The molecule has 2 aromatic heterocycles. The topological polar surface area (TPSA) is 98.4 Å². The molecule has 1 saturated heterocycles. The number of aromatic nitrogens is 2. The number of pyridine rings is 1. The van der Waals surface area contributed by atoms with E-state index in [1.54, 1.807) is 51.4 Å². The summed E-state index contributed by atoms with van der Waals surface area (Å²) in [5, 5.41) is 16.6. The van der Waals surface area contributed by atoms with Gasteiger partial charge in [-0.1, -0.05) is 12.0 Å². The molecule has 0 bridgehead atoms. The zero-order valence-electron chi connectivity index (χ0n) is 26.9. The zero-order valence-corrected chi connectivity index (χ0v) is 26.9. The third kappa shape index (κ3) is 9.70. The van der Waals surface area contributed by atoms with Crippen molar-refractivity contribution in [3.63, 3.8) is 0 Å². The van der Waals surface area contributed by atoms with Crippen molar-refractivity contribution in [2.75, 3.05) is 58.8 Å². The third-order valence-corrected chi connectivity index (χ3v) is 8.11. The van der Waals surface area contributed by atoms with Crippen LogP contribution in [0.4, 0.5) is 18.9 Å². The summed E-state index contributed by atoms with van der Waals surface area (Å²) in [6.07, 6.45) is -1.12. The third-order valence-electron chi connectivity index (χ3n) is 8.11. The maximum atomic E-state index is 13.5. The highest BCUT2D eigenvalue weighted by Crippen LogP contribution is 2.27. The average molecular weight is 638 g/mol. The number of carbonyl (C=O) groups excluding carboxylic acids is 1. The van der Waals surface area contributed by atoms with E-state index in [1.165, 1.54) is 4.57 Å². The highest BCUT2D eigenvalue weighted by atomic mass is 19.4. The molecule has 0 unspecified atom stereocenters. The number of alkyl halides is 3. The molecule has 9 nitrogen and oxygen atoms in total. The summed E-state index contributed by atoms with van der Waals surface area (Å²) in [7, 11) is 3.55. The van der Waals surface area contributed by atoms with Crippen LogP contribution in [0.3, 0.4) is 0 Å². The number of fused-ring (bicyclic) bond motifs is 1. The van der Waals surface area contributed by atoms with Crippen molar-refractivity contribution >= 4 is 22.5 Å². The second kappa shape index (κ2) is 15.5. The van der Waals surface area contributed by atoms with Gasteiger partial charge in [0.05, 0.1) is 54.5 Å². The number of amides is 1. The van der Waals surface area contributed by atoms with Crippen LogP contribution in [0.25, 0.3) is 10.9 Å². The van der Waals surface area contributed by atoms with Gasteiger partial charge in [-0.2, -0.15) is 18.4 Å². The number of likely N-dealkylation sites (N-methyl/N-ethyl adjacent to an activating group) is 1. The first-order valence-electron chi connectivity index (χ1n) is 15.4. The molecule has 46 heavy (non-hydrogen) atoms. The summed E-state index contributed by atoms with van der Waals surface area (Å²) in [4.78, 5) is 20.8. The molecule has 0 spiro atoms. The summed E-state index contributed by atoms with van der Waals surface area (Å²) in [6, 6.07) is 13.2. The van der Waals surface area contributed by atoms with E-state index in [1.807, 2.05) is 29.0 Å². The van der Waals surface area contributed by atoms with Gasteiger partial charge in [-0.3, -0.25) is 14.7 Å². The molecular weight excluding hydrogens is 595 g/mol. The lowest BCUT2D eigenvalue weighted by molar-refractivity contribution is -0.140. The number of piperidine rings is 1. The number of halogens is 3. The Hall–Kier alpha value is -4.10. The smallest absolute Gasteiger partial charge is 0.383 e. The Labute approximate surface area is 268 Å². The number of likely N-dealkylation sites (tertiary alicyclic amines) is 1. The van der Waals surface area contributed by atoms with E-state index >= 15 is 0 Å². The quantitative estimate of drug-likeness (QED) is 0.282. The standard InChI is InChI=1S/C34H42F3N7O2/c1-33(2,23-38)31-10-8-28(21-41-31)39-13-5-6-29-19-26-18-25(7-9-30(26)44(29)24-34(35,36)37)20-40-27-11-14-43(15-12-27)32(45)22-42(3)16-17-46-4/h7-10,18-19,21,27,39-40H,11-17,20,22,24H2,1-4H3. The number of nitrogens with zero attached hydrogens (tertiary/aromatic N) is 5. The van der Waals surface area contributed by atoms with Gasteiger partial charge in [-0.15, -0.1) is 0 Å². The van der Waals surface area contributed by atoms with E-state index in [0.29, 0.717) is 61.6 Å². The normalized spacial score (nSPS) is 14.3. The number of nitrogens with one attached hydrogen (secondary N) is 2. The molecule has 1 aliphatic heterocycles. The summed E-state index contributed by atoms with van der Waals surface area (Å²) in [5.41, 5.74) is 2.36. The molecule has 1 fully saturated rings. The summed E-state index contributed by atoms with van der Waals surface area (Å²) >= 11 is 0. The van der Waals surface area contributed by atoms with Crippen LogP contribution in [-0.4, -0.2) is 91.0 Å². The van der Waals surface area contributed by atoms with Crippen molar-refractivity contribution < 1.29 is 22.7 Å². The highest BCUT2D eigenvalue weighted by Gasteiger charge is 2.30. The van der Waals surface area contributed by atoms with Crippen LogP contribution in [0.2, 0.25) is 0 Å². The minimum atomic E-state index is -4.40. The number of ether oxygens (including phenoxy) is 1. The second-order valence-corrected chi connectivity index (χ2v) is 12.2. The fourth-order valence-corrected chi connectivity index (χ4v) is 5.34. The Balaban J connectivity index is 1.36. The molecule has 0 aliphatic carbocycles. The van der Waals surface area contributed by atoms with Gasteiger partial charge in [0.15, 0.2) is 0 Å². The number of benzene rings is 1. The zero-order chi connectivity index (χ0) is 33.3. The maximum absolute atomic E-state index is 13.5. The van der Waals surface area contributed by atoms with Gasteiger partial charge < -0.3 is 24.8 Å². The number of hydrogen-bond donors (Lipinski definition) is 2. The lowest BCUT2D eigenvalue weighted by Crippen LogP contribution is -2.47. The molecular formula is C34H42F3N7O2. The van der Waals surface area contributed by atoms with Crippen molar-refractivity contribution in [2.45, 2.75) is 57.4 Å². The molecule has 0 radical (unpaired) electrons. The average Bonchev–Trinajstić information content (AvgIpc) is 3.36. The van der Waals surface area contributed by atoms with Gasteiger partial charge in [0.2, 0.25) is 5.91 Å². The Kier molecular flexibility index (Phi) is 11.7. The van der Waals surface area contributed by atoms with Gasteiger partial charge in [-0.05, 0) is 75.6 Å². The highest BCUT2D eigenvalue weighted by molar-refractivity contribution is 5.83. The van der Waals surface area contributed by atoms with E-state index in [2.05, 4.69) is 33.5 Å². The predicted molar refractivity (Wildman–Crippen MR) is 172 cm³/mol. The summed E-state index contributed by atoms with van der Waals surface area (Å²) < 4.78 is 46.9. The fraction of sp³-hybridized carbons (Fsp3) is 0.500. The summed E-state index contributed by atoms with van der Waals surface area (Å²) in [6.45, 7) is 6.24. The van der Waals surface area contributed by atoms with E-state index in [9.17, 15) is 23.2 Å². The SMILES string of the molecule is COCCN(C)CC(=O)N1CCC(NCc2ccc3c(c2)cc(C#CCNc2ccc(C(C)(C)C#N)nc2)n3CC(F)(F)F)CC1. The molecule has 246 valence electrons. The van der Waals surface area contributed by atoms with Crippen LogP contribution in [-0.2, 0) is 28.0 Å². The van der Waals surface area contributed by atoms with Crippen LogP contribution >= 0.6 is 0 Å². The number of nitriles is 1. The van der Waals surface area contributed by atoms with E-state index in [4.69, 9.17) is 4.74 Å². The van der Waals surface area contributed by atoms with Crippen LogP contribution < -0.4 is 10.6 Å². The summed E-state index contributed by atoms with van der Waals surface area (Å²) in [5.74, 6) is 5.95. The molecule has 0 atom stereocenters. The molecule has 4 rings (SSSR count). The van der Waals surface area contributed by atoms with Gasteiger partial charge in [0.1, 0.15) is 6.54 Å². The largest absolute Gasteiger partial charge is 0.406 e. The van der Waals surface area contributed by atoms with Gasteiger partial charge >= 0.3 is 6.18 Å². The molecule has 1 amide bonds. The molecule has 1 aromatic carbocycles. The molecule has 3 heterocycles. The predicted octanol–water partition coefficient (Wildman–Crippen LogP) is 4.52. The number of rotatable bonds is 12.